The molecule has 18 heavy (non-hydrogen) atoms. The fourth-order valence-electron chi connectivity index (χ4n) is 2.34. The lowest BCUT2D eigenvalue weighted by Gasteiger charge is -2.27. The molecule has 0 aliphatic carbocycles. The van der Waals surface area contributed by atoms with Gasteiger partial charge in [-0.3, -0.25) is 0 Å². The molecule has 0 heterocycles. The molecule has 2 heteroatoms. The van der Waals surface area contributed by atoms with Gasteiger partial charge in [0.25, 0.3) is 0 Å². The van der Waals surface area contributed by atoms with Gasteiger partial charge in [0.05, 0.1) is 12.1 Å². The van der Waals surface area contributed by atoms with Gasteiger partial charge in [0.1, 0.15) is 0 Å². The van der Waals surface area contributed by atoms with Crippen LogP contribution >= 0.6 is 0 Å². The summed E-state index contributed by atoms with van der Waals surface area (Å²) in [6.07, 6.45) is 2.37. The van der Waals surface area contributed by atoms with Crippen LogP contribution in [0.15, 0.2) is 24.3 Å². The second kappa shape index (κ2) is 7.55. The molecule has 0 aliphatic rings. The van der Waals surface area contributed by atoms with E-state index in [-0.39, 0.29) is 12.1 Å². The van der Waals surface area contributed by atoms with E-state index in [0.29, 0.717) is 12.5 Å². The lowest BCUT2D eigenvalue weighted by atomic mass is 9.92. The van der Waals surface area contributed by atoms with Crippen molar-refractivity contribution in [2.24, 2.45) is 11.7 Å². The minimum atomic E-state index is -0.0400. The number of aryl methyl sites for hydroxylation is 1. The van der Waals surface area contributed by atoms with Crippen molar-refractivity contribution in [3.63, 3.8) is 0 Å². The Labute approximate surface area is 112 Å². The van der Waals surface area contributed by atoms with Crippen LogP contribution in [0.25, 0.3) is 0 Å². The van der Waals surface area contributed by atoms with Crippen molar-refractivity contribution < 1.29 is 4.74 Å². The average molecular weight is 249 g/mol. The highest BCUT2D eigenvalue weighted by atomic mass is 16.5. The van der Waals surface area contributed by atoms with E-state index < -0.39 is 0 Å². The van der Waals surface area contributed by atoms with Gasteiger partial charge in [0.15, 0.2) is 0 Å². The summed E-state index contributed by atoms with van der Waals surface area (Å²) in [5.74, 6) is 0.426. The van der Waals surface area contributed by atoms with Crippen LogP contribution in [0.3, 0.4) is 0 Å². The predicted octanol–water partition coefficient (Wildman–Crippen LogP) is 3.70. The topological polar surface area (TPSA) is 35.2 Å². The van der Waals surface area contributed by atoms with Crippen molar-refractivity contribution in [1.29, 1.82) is 0 Å². The van der Waals surface area contributed by atoms with E-state index in [1.165, 1.54) is 11.1 Å². The first kappa shape index (κ1) is 15.2. The second-order valence-electron chi connectivity index (χ2n) is 5.18. The fourth-order valence-corrected chi connectivity index (χ4v) is 2.34. The summed E-state index contributed by atoms with van der Waals surface area (Å²) < 4.78 is 5.79. The van der Waals surface area contributed by atoms with E-state index in [0.717, 1.165) is 12.8 Å². The molecule has 0 spiro atoms. The maximum atomic E-state index is 6.37. The number of ether oxygens (including phenoxy) is 1. The van der Waals surface area contributed by atoms with Crippen molar-refractivity contribution in [1.82, 2.24) is 0 Å². The van der Waals surface area contributed by atoms with Gasteiger partial charge >= 0.3 is 0 Å². The Morgan fingerprint density at radius 2 is 1.94 bits per heavy atom. The van der Waals surface area contributed by atoms with Gasteiger partial charge in [-0.05, 0) is 30.4 Å². The highest BCUT2D eigenvalue weighted by molar-refractivity contribution is 5.26. The van der Waals surface area contributed by atoms with Crippen molar-refractivity contribution in [2.75, 3.05) is 6.61 Å². The van der Waals surface area contributed by atoms with Crippen LogP contribution in [-0.2, 0) is 11.2 Å². The Morgan fingerprint density at radius 3 is 2.50 bits per heavy atom. The molecule has 0 saturated carbocycles. The summed E-state index contributed by atoms with van der Waals surface area (Å²) in [4.78, 5) is 0. The molecule has 1 aromatic rings. The van der Waals surface area contributed by atoms with Crippen molar-refractivity contribution in [2.45, 2.75) is 52.7 Å². The Kier molecular flexibility index (Phi) is 6.37. The molecule has 0 fully saturated rings. The second-order valence-corrected chi connectivity index (χ2v) is 5.18. The van der Waals surface area contributed by atoms with Gasteiger partial charge in [-0.15, -0.1) is 0 Å². The van der Waals surface area contributed by atoms with Crippen LogP contribution < -0.4 is 5.73 Å². The van der Waals surface area contributed by atoms with Crippen molar-refractivity contribution in [3.05, 3.63) is 35.4 Å². The first-order valence-corrected chi connectivity index (χ1v) is 7.06. The average Bonchev–Trinajstić information content (AvgIpc) is 2.35. The van der Waals surface area contributed by atoms with Gasteiger partial charge < -0.3 is 10.5 Å². The van der Waals surface area contributed by atoms with E-state index in [4.69, 9.17) is 10.5 Å². The quantitative estimate of drug-likeness (QED) is 0.799. The van der Waals surface area contributed by atoms with Crippen molar-refractivity contribution >= 4 is 0 Å². The van der Waals surface area contributed by atoms with E-state index in [1.807, 2.05) is 6.92 Å². The Hall–Kier alpha value is -0.860. The van der Waals surface area contributed by atoms with E-state index in [9.17, 15) is 0 Å². The fraction of sp³-hybridized carbons (Fsp3) is 0.625. The molecule has 1 rings (SSSR count). The van der Waals surface area contributed by atoms with E-state index in [2.05, 4.69) is 45.0 Å². The Balaban J connectivity index is 2.86. The zero-order valence-electron chi connectivity index (χ0n) is 12.1. The van der Waals surface area contributed by atoms with Crippen LogP contribution in [0.4, 0.5) is 0 Å². The first-order valence-electron chi connectivity index (χ1n) is 7.06. The van der Waals surface area contributed by atoms with Gasteiger partial charge in [0, 0.05) is 6.61 Å². The minimum absolute atomic E-state index is 0.0400. The Bertz CT molecular complexity index is 349. The zero-order chi connectivity index (χ0) is 13.5. The van der Waals surface area contributed by atoms with Gasteiger partial charge in [0.2, 0.25) is 0 Å². The van der Waals surface area contributed by atoms with Crippen LogP contribution in [0, 0.1) is 5.92 Å². The molecule has 0 saturated heterocycles. The van der Waals surface area contributed by atoms with Crippen molar-refractivity contribution in [3.8, 4) is 0 Å². The third-order valence-corrected chi connectivity index (χ3v) is 3.24. The molecule has 2 unspecified atom stereocenters. The normalized spacial score (nSPS) is 14.8. The summed E-state index contributed by atoms with van der Waals surface area (Å²) in [6, 6.07) is 8.57. The third kappa shape index (κ3) is 4.11. The minimum Gasteiger partial charge on any atom is -0.376 e. The first-order chi connectivity index (χ1) is 8.60. The van der Waals surface area contributed by atoms with Crippen LogP contribution in [-0.4, -0.2) is 12.7 Å². The summed E-state index contributed by atoms with van der Waals surface area (Å²) in [5.41, 5.74) is 8.92. The van der Waals surface area contributed by atoms with Gasteiger partial charge in [-0.1, -0.05) is 51.5 Å². The van der Waals surface area contributed by atoms with Crippen LogP contribution in [0.5, 0.6) is 0 Å². The number of benzene rings is 1. The van der Waals surface area contributed by atoms with E-state index in [1.54, 1.807) is 0 Å². The molecule has 0 amide bonds. The lowest BCUT2D eigenvalue weighted by molar-refractivity contribution is 0.0121. The van der Waals surface area contributed by atoms with Crippen LogP contribution in [0.1, 0.15) is 51.3 Å². The maximum Gasteiger partial charge on any atom is 0.0790 e. The summed E-state index contributed by atoms with van der Waals surface area (Å²) in [5, 5.41) is 0. The molecule has 0 radical (unpaired) electrons. The Morgan fingerprint density at radius 1 is 1.22 bits per heavy atom. The zero-order valence-corrected chi connectivity index (χ0v) is 12.1. The van der Waals surface area contributed by atoms with E-state index >= 15 is 0 Å². The summed E-state index contributed by atoms with van der Waals surface area (Å²) >= 11 is 0. The monoisotopic (exact) mass is 249 g/mol. The highest BCUT2D eigenvalue weighted by Gasteiger charge is 2.23. The highest BCUT2D eigenvalue weighted by Crippen LogP contribution is 2.23. The molecule has 0 aromatic heterocycles. The molecule has 0 aliphatic heterocycles. The lowest BCUT2D eigenvalue weighted by Crippen LogP contribution is -2.33. The number of rotatable bonds is 7. The molecule has 2 nitrogen and oxygen atoms in total. The standard InChI is InChI=1S/C16H27NO/c1-5-8-13-9-7-10-14(11-13)15(17)16(12(3)4)18-6-2/h7,9-12,15-16H,5-6,8,17H2,1-4H3. The number of nitrogens with two attached hydrogens (primary N) is 1. The van der Waals surface area contributed by atoms with Gasteiger partial charge in [-0.2, -0.15) is 0 Å². The smallest absolute Gasteiger partial charge is 0.0790 e. The number of hydrogen-bond acceptors (Lipinski definition) is 2. The van der Waals surface area contributed by atoms with Gasteiger partial charge in [-0.25, -0.2) is 0 Å². The SMILES string of the molecule is CCCc1cccc(C(N)C(OCC)C(C)C)c1. The summed E-state index contributed by atoms with van der Waals surface area (Å²) in [6.45, 7) is 9.26. The van der Waals surface area contributed by atoms with Crippen LogP contribution in [0.2, 0.25) is 0 Å². The largest absolute Gasteiger partial charge is 0.376 e. The molecule has 1 aromatic carbocycles. The third-order valence-electron chi connectivity index (χ3n) is 3.24. The molecular weight excluding hydrogens is 222 g/mol. The number of hydrogen-bond donors (Lipinski definition) is 1. The maximum absolute atomic E-state index is 6.37. The predicted molar refractivity (Wildman–Crippen MR) is 77.6 cm³/mol. The summed E-state index contributed by atoms with van der Waals surface area (Å²) in [7, 11) is 0. The molecule has 102 valence electrons. The molecule has 2 N–H and O–H groups in total. The molecule has 0 bridgehead atoms. The molecular formula is C16H27NO. The molecule has 2 atom stereocenters.